The lowest BCUT2D eigenvalue weighted by Gasteiger charge is -2.32. The third kappa shape index (κ3) is 5.53. The van der Waals surface area contributed by atoms with Crippen molar-refractivity contribution in [3.05, 3.63) is 318 Å². The number of rotatable bonds is 7. The van der Waals surface area contributed by atoms with E-state index < -0.39 is 10.8 Å². The first-order chi connectivity index (χ1) is 35.7. The molecule has 0 saturated heterocycles. The molecule has 336 valence electrons. The van der Waals surface area contributed by atoms with E-state index in [1.165, 1.54) is 77.9 Å². The van der Waals surface area contributed by atoms with Gasteiger partial charge in [0, 0.05) is 16.9 Å². The lowest BCUT2D eigenvalue weighted by atomic mass is 9.70. The smallest absolute Gasteiger partial charge is 0.134 e. The molecular formula is C69H45N3. The zero-order valence-electron chi connectivity index (χ0n) is 39.3. The normalized spacial score (nSPS) is 13.8. The predicted molar refractivity (Wildman–Crippen MR) is 295 cm³/mol. The maximum Gasteiger partial charge on any atom is 0.134 e. The minimum Gasteiger partial charge on any atom is -0.308 e. The first-order valence-electron chi connectivity index (χ1n) is 25.0. The topological polar surface area (TPSA) is 21.1 Å². The summed E-state index contributed by atoms with van der Waals surface area (Å²) in [5.41, 5.74) is 24.0. The van der Waals surface area contributed by atoms with Gasteiger partial charge in [-0.25, -0.2) is 4.98 Å². The molecule has 11 aromatic carbocycles. The fourth-order valence-corrected chi connectivity index (χ4v) is 12.9. The van der Waals surface area contributed by atoms with Crippen molar-refractivity contribution in [1.29, 1.82) is 0 Å². The Labute approximate surface area is 419 Å². The fourth-order valence-electron chi connectivity index (χ4n) is 12.9. The minimum atomic E-state index is -0.701. The van der Waals surface area contributed by atoms with Gasteiger partial charge in [-0.2, -0.15) is 0 Å². The number of para-hydroxylation sites is 3. The number of imidazole rings is 1. The molecule has 0 bridgehead atoms. The summed E-state index contributed by atoms with van der Waals surface area (Å²) in [6.07, 6.45) is 0. The van der Waals surface area contributed by atoms with E-state index in [0.29, 0.717) is 0 Å². The lowest BCUT2D eigenvalue weighted by molar-refractivity contribution is 0.718. The molecule has 1 aliphatic heterocycles. The molecule has 0 N–H and O–H groups in total. The van der Waals surface area contributed by atoms with E-state index in [9.17, 15) is 0 Å². The standard InChI is InChI=1S/C69H45N3/c1-4-20-46(21-5-1)47-38-41-52(42-39-47)71(65-37-19-34-61-66(65)72-64-36-17-16-35-63(64)70-67(72)68(61,50-23-6-2-7-24-50)51-25-8-3-9-26-51)53-27-18-22-48(44-53)49-40-43-57-56-30-12-15-33-60(56)69(62(57)45-49)58-31-13-10-28-54(58)55-29-11-14-32-59(55)69/h1-45H. The van der Waals surface area contributed by atoms with Gasteiger partial charge in [-0.1, -0.05) is 224 Å². The van der Waals surface area contributed by atoms with Crippen molar-refractivity contribution in [2.75, 3.05) is 4.90 Å². The van der Waals surface area contributed by atoms with Gasteiger partial charge in [0.15, 0.2) is 0 Å². The van der Waals surface area contributed by atoms with Crippen LogP contribution in [0.15, 0.2) is 273 Å². The van der Waals surface area contributed by atoms with Crippen molar-refractivity contribution >= 4 is 28.1 Å². The molecule has 72 heavy (non-hydrogen) atoms. The van der Waals surface area contributed by atoms with Crippen LogP contribution < -0.4 is 4.90 Å². The molecular weight excluding hydrogens is 871 g/mol. The molecule has 0 unspecified atom stereocenters. The van der Waals surface area contributed by atoms with E-state index in [2.05, 4.69) is 282 Å². The number of hydrogen-bond donors (Lipinski definition) is 0. The van der Waals surface area contributed by atoms with Crippen LogP contribution in [0.3, 0.4) is 0 Å². The Morgan fingerprint density at radius 2 is 0.806 bits per heavy atom. The fraction of sp³-hybridized carbons (Fsp3) is 0.0290. The molecule has 0 saturated carbocycles. The first-order valence-corrected chi connectivity index (χ1v) is 25.0. The number of hydrogen-bond acceptors (Lipinski definition) is 2. The maximum atomic E-state index is 5.61. The molecule has 15 rings (SSSR count). The van der Waals surface area contributed by atoms with E-state index >= 15 is 0 Å². The maximum absolute atomic E-state index is 5.61. The van der Waals surface area contributed by atoms with Crippen molar-refractivity contribution in [1.82, 2.24) is 9.55 Å². The summed E-state index contributed by atoms with van der Waals surface area (Å²) in [6, 6.07) is 101. The Morgan fingerprint density at radius 3 is 1.46 bits per heavy atom. The average molecular weight is 916 g/mol. The van der Waals surface area contributed by atoms with Crippen LogP contribution in [-0.2, 0) is 10.8 Å². The van der Waals surface area contributed by atoms with Crippen LogP contribution in [0.25, 0.3) is 61.2 Å². The van der Waals surface area contributed by atoms with Gasteiger partial charge in [0.05, 0.1) is 27.8 Å². The van der Waals surface area contributed by atoms with E-state index in [0.717, 1.165) is 45.2 Å². The number of aromatic nitrogens is 2. The second-order valence-electron chi connectivity index (χ2n) is 19.4. The predicted octanol–water partition coefficient (Wildman–Crippen LogP) is 16.9. The Bertz CT molecular complexity index is 3990. The van der Waals surface area contributed by atoms with Gasteiger partial charge < -0.3 is 4.90 Å². The highest BCUT2D eigenvalue weighted by atomic mass is 15.2. The van der Waals surface area contributed by atoms with Crippen LogP contribution in [0.2, 0.25) is 0 Å². The Morgan fingerprint density at radius 1 is 0.319 bits per heavy atom. The number of fused-ring (bicyclic) bond motifs is 15. The van der Waals surface area contributed by atoms with E-state index in [1.807, 2.05) is 0 Å². The summed E-state index contributed by atoms with van der Waals surface area (Å²) in [7, 11) is 0. The van der Waals surface area contributed by atoms with E-state index in [-0.39, 0.29) is 0 Å². The molecule has 3 aliphatic rings. The first kappa shape index (κ1) is 40.6. The summed E-state index contributed by atoms with van der Waals surface area (Å²) in [4.78, 5) is 8.07. The lowest BCUT2D eigenvalue weighted by Crippen LogP contribution is -2.29. The summed E-state index contributed by atoms with van der Waals surface area (Å²) in [5.74, 6) is 0.986. The number of benzene rings is 11. The largest absolute Gasteiger partial charge is 0.308 e. The van der Waals surface area contributed by atoms with Crippen molar-refractivity contribution in [2.45, 2.75) is 10.8 Å². The summed E-state index contributed by atoms with van der Waals surface area (Å²) in [5, 5.41) is 0. The zero-order chi connectivity index (χ0) is 47.4. The molecule has 0 amide bonds. The minimum absolute atomic E-state index is 0.431. The highest BCUT2D eigenvalue weighted by Crippen LogP contribution is 2.63. The SMILES string of the molecule is c1ccc(-c2ccc(N(c3cccc(-c4ccc5c(c4)C4(c6ccccc6-c6ccccc64)c4ccccc4-5)c3)c3cccc4c3-n3c(nc5ccccc53)C4(c3ccccc3)c3ccccc3)cc2)cc1. The van der Waals surface area contributed by atoms with Crippen LogP contribution >= 0.6 is 0 Å². The second kappa shape index (κ2) is 15.6. The van der Waals surface area contributed by atoms with Crippen LogP contribution in [-0.4, -0.2) is 9.55 Å². The van der Waals surface area contributed by atoms with Crippen LogP contribution in [0.5, 0.6) is 0 Å². The molecule has 12 aromatic rings. The van der Waals surface area contributed by atoms with Crippen LogP contribution in [0.1, 0.15) is 44.8 Å². The number of nitrogens with zero attached hydrogens (tertiary/aromatic N) is 3. The van der Waals surface area contributed by atoms with Crippen molar-refractivity contribution in [3.63, 3.8) is 0 Å². The summed E-state index contributed by atoms with van der Waals surface area (Å²) in [6.45, 7) is 0. The summed E-state index contributed by atoms with van der Waals surface area (Å²) >= 11 is 0. The third-order valence-corrected chi connectivity index (χ3v) is 15.9. The quantitative estimate of drug-likeness (QED) is 0.159. The molecule has 1 spiro atoms. The Hall–Kier alpha value is -9.31. The van der Waals surface area contributed by atoms with E-state index in [1.54, 1.807) is 0 Å². The highest BCUT2D eigenvalue weighted by Gasteiger charge is 2.52. The molecule has 0 fully saturated rings. The molecule has 3 heteroatoms. The average Bonchev–Trinajstić information content (AvgIpc) is 4.17. The Kier molecular flexibility index (Phi) is 8.79. The van der Waals surface area contributed by atoms with Gasteiger partial charge in [-0.15, -0.1) is 0 Å². The molecule has 1 aromatic heterocycles. The molecule has 3 nitrogen and oxygen atoms in total. The van der Waals surface area contributed by atoms with Gasteiger partial charge in [0.2, 0.25) is 0 Å². The van der Waals surface area contributed by atoms with Gasteiger partial charge in [-0.05, 0) is 126 Å². The highest BCUT2D eigenvalue weighted by molar-refractivity contribution is 5.97. The Balaban J connectivity index is 0.968. The molecule has 0 atom stereocenters. The molecule has 2 heterocycles. The molecule has 0 radical (unpaired) electrons. The van der Waals surface area contributed by atoms with Gasteiger partial charge in [0.25, 0.3) is 0 Å². The number of anilines is 3. The zero-order valence-corrected chi connectivity index (χ0v) is 39.3. The van der Waals surface area contributed by atoms with Crippen molar-refractivity contribution in [2.24, 2.45) is 0 Å². The monoisotopic (exact) mass is 915 g/mol. The third-order valence-electron chi connectivity index (χ3n) is 15.9. The summed E-state index contributed by atoms with van der Waals surface area (Å²) < 4.78 is 2.45. The van der Waals surface area contributed by atoms with Crippen LogP contribution in [0, 0.1) is 0 Å². The van der Waals surface area contributed by atoms with Gasteiger partial charge in [0.1, 0.15) is 11.2 Å². The van der Waals surface area contributed by atoms with Gasteiger partial charge >= 0.3 is 0 Å². The second-order valence-corrected chi connectivity index (χ2v) is 19.4. The van der Waals surface area contributed by atoms with Crippen molar-refractivity contribution in [3.8, 4) is 50.2 Å². The molecule has 2 aliphatic carbocycles. The van der Waals surface area contributed by atoms with Crippen molar-refractivity contribution < 1.29 is 0 Å². The van der Waals surface area contributed by atoms with E-state index in [4.69, 9.17) is 4.98 Å². The van der Waals surface area contributed by atoms with Gasteiger partial charge in [-0.3, -0.25) is 4.57 Å². The van der Waals surface area contributed by atoms with Crippen LogP contribution in [0.4, 0.5) is 17.1 Å².